The van der Waals surface area contributed by atoms with Crippen LogP contribution in [0.5, 0.6) is 5.75 Å². The molecule has 5 rings (SSSR count). The molecule has 0 bridgehead atoms. The smallest absolute Gasteiger partial charge is 0.325 e. The van der Waals surface area contributed by atoms with E-state index in [4.69, 9.17) is 9.72 Å². The molecule has 0 spiro atoms. The van der Waals surface area contributed by atoms with Gasteiger partial charge in [-0.1, -0.05) is 29.5 Å². The number of aromatic nitrogens is 3. The van der Waals surface area contributed by atoms with Crippen molar-refractivity contribution in [3.63, 3.8) is 0 Å². The monoisotopic (exact) mass is 598 g/mol. The van der Waals surface area contributed by atoms with E-state index in [0.717, 1.165) is 39.0 Å². The fraction of sp³-hybridized carbons (Fsp3) is 0.233. The van der Waals surface area contributed by atoms with E-state index in [1.807, 2.05) is 68.7 Å². The van der Waals surface area contributed by atoms with Crippen LogP contribution in [0.1, 0.15) is 16.9 Å². The van der Waals surface area contributed by atoms with Crippen LogP contribution in [0.25, 0.3) is 20.9 Å². The molecule has 0 atom stereocenters. The van der Waals surface area contributed by atoms with Crippen molar-refractivity contribution in [2.45, 2.75) is 12.8 Å². The van der Waals surface area contributed by atoms with Gasteiger partial charge >= 0.3 is 6.03 Å². The predicted octanol–water partition coefficient (Wildman–Crippen LogP) is 6.32. The Bertz CT molecular complexity index is 1680. The van der Waals surface area contributed by atoms with E-state index < -0.39 is 0 Å². The summed E-state index contributed by atoms with van der Waals surface area (Å²) in [7, 11) is 4.10. The molecule has 214 valence electrons. The fourth-order valence-corrected chi connectivity index (χ4v) is 5.83. The highest BCUT2D eigenvalue weighted by Gasteiger charge is 2.16. The second-order valence-electron chi connectivity index (χ2n) is 9.61. The van der Waals surface area contributed by atoms with E-state index in [1.54, 1.807) is 12.4 Å². The Morgan fingerprint density at radius 3 is 2.60 bits per heavy atom. The molecule has 3 N–H and O–H groups in total. The van der Waals surface area contributed by atoms with Crippen molar-refractivity contribution in [2.24, 2.45) is 0 Å². The van der Waals surface area contributed by atoms with E-state index >= 15 is 0 Å². The van der Waals surface area contributed by atoms with Crippen LogP contribution in [-0.2, 0) is 6.42 Å². The number of para-hydroxylation sites is 1. The number of nitrogens with zero attached hydrogens (tertiary/aromatic N) is 5. The van der Waals surface area contributed by atoms with Gasteiger partial charge in [0, 0.05) is 48.0 Å². The van der Waals surface area contributed by atoms with E-state index in [1.165, 1.54) is 22.7 Å². The number of nitriles is 1. The second-order valence-corrected chi connectivity index (χ2v) is 11.7. The third-order valence-corrected chi connectivity index (χ3v) is 8.13. The summed E-state index contributed by atoms with van der Waals surface area (Å²) in [6.45, 7) is 2.20. The van der Waals surface area contributed by atoms with Gasteiger partial charge in [0.05, 0.1) is 17.9 Å². The lowest BCUT2D eigenvalue weighted by Crippen LogP contribution is -2.19. The number of rotatable bonds is 12. The predicted molar refractivity (Wildman–Crippen MR) is 170 cm³/mol. The van der Waals surface area contributed by atoms with Crippen LogP contribution in [0.4, 0.5) is 21.3 Å². The standard InChI is InChI=1S/C30H30N8O2S2/c1-38(2)15-6-16-40-23-11-9-20(10-12-23)27-36-26-25(21(17-31)18-33-28(26)42-27)32-14-13-24-19-34-30(41-24)37-29(39)35-22-7-4-3-5-8-22/h3-5,7-12,18-19H,6,13-16H2,1-2H3,(H,32,33)(H2,34,35,37,39). The van der Waals surface area contributed by atoms with Crippen molar-refractivity contribution < 1.29 is 9.53 Å². The Morgan fingerprint density at radius 2 is 1.83 bits per heavy atom. The van der Waals surface area contributed by atoms with Gasteiger partial charge < -0.3 is 20.3 Å². The molecule has 0 aliphatic heterocycles. The molecular formula is C30H30N8O2S2. The number of nitrogens with one attached hydrogen (secondary N) is 3. The third kappa shape index (κ3) is 7.58. The topological polar surface area (TPSA) is 128 Å². The molecular weight excluding hydrogens is 569 g/mol. The van der Waals surface area contributed by atoms with E-state index in [9.17, 15) is 10.1 Å². The summed E-state index contributed by atoms with van der Waals surface area (Å²) in [4.78, 5) is 29.8. The minimum Gasteiger partial charge on any atom is -0.494 e. The Kier molecular flexibility index (Phi) is 9.55. The number of anilines is 3. The molecule has 0 unspecified atom stereocenters. The number of urea groups is 1. The zero-order chi connectivity index (χ0) is 29.3. The van der Waals surface area contributed by atoms with Crippen molar-refractivity contribution in [3.8, 4) is 22.4 Å². The zero-order valence-corrected chi connectivity index (χ0v) is 24.9. The SMILES string of the molecule is CN(C)CCCOc1ccc(-c2nc3c(NCCc4cnc(NC(=O)Nc5ccccc5)s4)c(C#N)cnc3s2)cc1. The van der Waals surface area contributed by atoms with Crippen LogP contribution in [0.3, 0.4) is 0 Å². The van der Waals surface area contributed by atoms with Crippen LogP contribution in [-0.4, -0.2) is 59.7 Å². The van der Waals surface area contributed by atoms with Crippen molar-refractivity contribution in [3.05, 3.63) is 77.4 Å². The van der Waals surface area contributed by atoms with Crippen molar-refractivity contribution >= 4 is 55.6 Å². The number of benzene rings is 2. The Balaban J connectivity index is 1.20. The Hall–Kier alpha value is -4.57. The first kappa shape index (κ1) is 28.9. The number of carbonyl (C=O) groups excluding carboxylic acids is 1. The quantitative estimate of drug-likeness (QED) is 0.142. The Labute approximate surface area is 252 Å². The maximum Gasteiger partial charge on any atom is 0.325 e. The number of fused-ring (bicyclic) bond motifs is 1. The largest absolute Gasteiger partial charge is 0.494 e. The number of hydrogen-bond donors (Lipinski definition) is 3. The first-order valence-electron chi connectivity index (χ1n) is 13.4. The summed E-state index contributed by atoms with van der Waals surface area (Å²) < 4.78 is 5.85. The molecule has 3 aromatic heterocycles. The fourth-order valence-electron chi connectivity index (χ4n) is 4.10. The van der Waals surface area contributed by atoms with Gasteiger partial charge in [-0.05, 0) is 56.9 Å². The number of hydrogen-bond acceptors (Lipinski definition) is 10. The second kappa shape index (κ2) is 13.9. The summed E-state index contributed by atoms with van der Waals surface area (Å²) >= 11 is 2.89. The molecule has 0 saturated carbocycles. The summed E-state index contributed by atoms with van der Waals surface area (Å²) in [5, 5.41) is 20.0. The van der Waals surface area contributed by atoms with Crippen molar-refractivity contribution in [1.29, 1.82) is 5.26 Å². The van der Waals surface area contributed by atoms with Crippen LogP contribution in [0.15, 0.2) is 67.0 Å². The minimum absolute atomic E-state index is 0.348. The molecule has 3 heterocycles. The molecule has 5 aromatic rings. The first-order chi connectivity index (χ1) is 20.5. The number of pyridine rings is 1. The van der Waals surface area contributed by atoms with Crippen LogP contribution >= 0.6 is 22.7 Å². The van der Waals surface area contributed by atoms with E-state index in [-0.39, 0.29) is 6.03 Å². The van der Waals surface area contributed by atoms with Crippen LogP contribution in [0, 0.1) is 11.3 Å². The molecule has 0 radical (unpaired) electrons. The van der Waals surface area contributed by atoms with Gasteiger partial charge in [-0.15, -0.1) is 11.3 Å². The molecule has 0 fully saturated rings. The highest BCUT2D eigenvalue weighted by Crippen LogP contribution is 2.34. The van der Waals surface area contributed by atoms with Gasteiger partial charge in [0.1, 0.15) is 27.2 Å². The average Bonchev–Trinajstić information content (AvgIpc) is 3.63. The molecule has 2 aromatic carbocycles. The molecule has 10 nitrogen and oxygen atoms in total. The van der Waals surface area contributed by atoms with E-state index in [0.29, 0.717) is 47.2 Å². The molecule has 12 heteroatoms. The lowest BCUT2D eigenvalue weighted by Gasteiger charge is -2.10. The number of ether oxygens (including phenoxy) is 1. The summed E-state index contributed by atoms with van der Waals surface area (Å²) in [5.74, 6) is 0.823. The lowest BCUT2D eigenvalue weighted by atomic mass is 10.2. The van der Waals surface area contributed by atoms with E-state index in [2.05, 4.69) is 36.9 Å². The third-order valence-electron chi connectivity index (χ3n) is 6.15. The average molecular weight is 599 g/mol. The van der Waals surface area contributed by atoms with Gasteiger partial charge in [-0.2, -0.15) is 5.26 Å². The zero-order valence-electron chi connectivity index (χ0n) is 23.3. The molecule has 42 heavy (non-hydrogen) atoms. The van der Waals surface area contributed by atoms with Gasteiger partial charge in [-0.25, -0.2) is 19.7 Å². The van der Waals surface area contributed by atoms with Gasteiger partial charge in [0.2, 0.25) is 0 Å². The highest BCUT2D eigenvalue weighted by atomic mass is 32.1. The van der Waals surface area contributed by atoms with Gasteiger partial charge in [0.15, 0.2) is 5.13 Å². The molecule has 0 aliphatic rings. The number of amides is 2. The first-order valence-corrected chi connectivity index (χ1v) is 15.0. The van der Waals surface area contributed by atoms with Crippen LogP contribution in [0.2, 0.25) is 0 Å². The van der Waals surface area contributed by atoms with Gasteiger partial charge in [-0.3, -0.25) is 5.32 Å². The molecule has 0 aliphatic carbocycles. The number of carbonyl (C=O) groups is 1. The van der Waals surface area contributed by atoms with Crippen molar-refractivity contribution in [1.82, 2.24) is 19.9 Å². The highest BCUT2D eigenvalue weighted by molar-refractivity contribution is 7.21. The van der Waals surface area contributed by atoms with Crippen molar-refractivity contribution in [2.75, 3.05) is 49.7 Å². The lowest BCUT2D eigenvalue weighted by molar-refractivity contribution is 0.262. The summed E-state index contributed by atoms with van der Waals surface area (Å²) in [5.41, 5.74) is 3.43. The van der Waals surface area contributed by atoms with Crippen LogP contribution < -0.4 is 20.7 Å². The summed E-state index contributed by atoms with van der Waals surface area (Å²) in [6, 6.07) is 19.0. The Morgan fingerprint density at radius 1 is 1.02 bits per heavy atom. The number of thiazole rings is 2. The normalized spacial score (nSPS) is 10.9. The summed E-state index contributed by atoms with van der Waals surface area (Å²) in [6.07, 6.45) is 4.94. The minimum atomic E-state index is -0.348. The maximum absolute atomic E-state index is 12.3. The molecule has 2 amide bonds. The molecule has 0 saturated heterocycles. The van der Waals surface area contributed by atoms with Gasteiger partial charge in [0.25, 0.3) is 0 Å². The maximum atomic E-state index is 12.3.